The van der Waals surface area contributed by atoms with Crippen molar-refractivity contribution in [1.29, 1.82) is 0 Å². The Morgan fingerprint density at radius 2 is 1.73 bits per heavy atom. The molecule has 0 bridgehead atoms. The number of sulfonamides is 1. The average Bonchev–Trinajstić information content (AvgIpc) is 2.85. The maximum atomic E-state index is 12.1. The highest BCUT2D eigenvalue weighted by atomic mass is 32.2. The van der Waals surface area contributed by atoms with E-state index in [9.17, 15) is 8.42 Å². The van der Waals surface area contributed by atoms with Gasteiger partial charge in [-0.05, 0) is 62.6 Å². The van der Waals surface area contributed by atoms with E-state index in [1.54, 1.807) is 30.5 Å². The van der Waals surface area contributed by atoms with Crippen LogP contribution in [0.4, 0.5) is 28.8 Å². The molecular formula is C23H29N7O2S. The van der Waals surface area contributed by atoms with Gasteiger partial charge < -0.3 is 20.0 Å². The minimum Gasteiger partial charge on any atom is -0.369 e. The van der Waals surface area contributed by atoms with Gasteiger partial charge >= 0.3 is 0 Å². The van der Waals surface area contributed by atoms with Crippen molar-refractivity contribution in [2.45, 2.75) is 4.90 Å². The SMILES string of the molecule is CNS(=O)(=O)c1cccc(N(C)c2ccnc(Nc3ccc(N4CCN(C)CC4)cc3)n2)c1. The summed E-state index contributed by atoms with van der Waals surface area (Å²) >= 11 is 0. The Balaban J connectivity index is 1.47. The number of hydrogen-bond acceptors (Lipinski definition) is 8. The lowest BCUT2D eigenvalue weighted by molar-refractivity contribution is 0.313. The van der Waals surface area contributed by atoms with Crippen LogP contribution in [0.1, 0.15) is 0 Å². The molecule has 9 nitrogen and oxygen atoms in total. The molecule has 0 radical (unpaired) electrons. The lowest BCUT2D eigenvalue weighted by Crippen LogP contribution is -2.44. The van der Waals surface area contributed by atoms with E-state index in [0.717, 1.165) is 31.9 Å². The van der Waals surface area contributed by atoms with Gasteiger partial charge in [0.2, 0.25) is 16.0 Å². The predicted octanol–water partition coefficient (Wildman–Crippen LogP) is 2.65. The lowest BCUT2D eigenvalue weighted by atomic mass is 10.2. The Kier molecular flexibility index (Phi) is 6.77. The van der Waals surface area contributed by atoms with Crippen LogP contribution in [-0.4, -0.2) is 70.6 Å². The minimum absolute atomic E-state index is 0.196. The number of nitrogens with one attached hydrogen (secondary N) is 2. The van der Waals surface area contributed by atoms with Crippen molar-refractivity contribution in [3.8, 4) is 0 Å². The van der Waals surface area contributed by atoms with Crippen molar-refractivity contribution < 1.29 is 8.42 Å². The molecule has 0 spiro atoms. The number of piperazine rings is 1. The van der Waals surface area contributed by atoms with E-state index >= 15 is 0 Å². The van der Waals surface area contributed by atoms with E-state index in [1.807, 2.05) is 30.1 Å². The summed E-state index contributed by atoms with van der Waals surface area (Å²) in [5.41, 5.74) is 2.81. The maximum absolute atomic E-state index is 12.1. The van der Waals surface area contributed by atoms with E-state index < -0.39 is 10.0 Å². The largest absolute Gasteiger partial charge is 0.369 e. The van der Waals surface area contributed by atoms with Crippen LogP contribution in [0.15, 0.2) is 65.7 Å². The van der Waals surface area contributed by atoms with E-state index in [2.05, 4.69) is 49.0 Å². The molecule has 2 aromatic carbocycles. The molecule has 0 atom stereocenters. The first kappa shape index (κ1) is 23.0. The van der Waals surface area contributed by atoms with E-state index in [-0.39, 0.29) is 4.90 Å². The number of benzene rings is 2. The first-order valence-electron chi connectivity index (χ1n) is 10.8. The van der Waals surface area contributed by atoms with E-state index in [1.165, 1.54) is 12.7 Å². The molecule has 2 N–H and O–H groups in total. The molecule has 4 rings (SSSR count). The van der Waals surface area contributed by atoms with Gasteiger partial charge in [0.25, 0.3) is 0 Å². The highest BCUT2D eigenvalue weighted by Gasteiger charge is 2.15. The maximum Gasteiger partial charge on any atom is 0.240 e. The number of rotatable bonds is 7. The van der Waals surface area contributed by atoms with Crippen molar-refractivity contribution in [2.75, 3.05) is 62.4 Å². The van der Waals surface area contributed by atoms with Crippen LogP contribution < -0.4 is 19.8 Å². The molecule has 1 aliphatic heterocycles. The second kappa shape index (κ2) is 9.74. The summed E-state index contributed by atoms with van der Waals surface area (Å²) in [6.45, 7) is 4.19. The number of hydrogen-bond donors (Lipinski definition) is 2. The molecule has 10 heteroatoms. The molecule has 1 aromatic heterocycles. The molecule has 0 amide bonds. The van der Waals surface area contributed by atoms with Crippen LogP contribution in [0, 0.1) is 0 Å². The molecule has 174 valence electrons. The molecule has 1 saturated heterocycles. The second-order valence-corrected chi connectivity index (χ2v) is 9.85. The van der Waals surface area contributed by atoms with Crippen molar-refractivity contribution in [3.05, 3.63) is 60.8 Å². The summed E-state index contributed by atoms with van der Waals surface area (Å²) in [6.07, 6.45) is 1.67. The molecule has 2 heterocycles. The van der Waals surface area contributed by atoms with Crippen molar-refractivity contribution in [2.24, 2.45) is 0 Å². The summed E-state index contributed by atoms with van der Waals surface area (Å²) < 4.78 is 26.6. The zero-order chi connectivity index (χ0) is 23.4. The first-order valence-corrected chi connectivity index (χ1v) is 12.2. The van der Waals surface area contributed by atoms with Crippen LogP contribution in [0.5, 0.6) is 0 Å². The Hall–Kier alpha value is -3.21. The van der Waals surface area contributed by atoms with Crippen LogP contribution in [-0.2, 0) is 10.0 Å². The Bertz CT molecular complexity index is 1190. The monoisotopic (exact) mass is 467 g/mol. The van der Waals surface area contributed by atoms with Gasteiger partial charge in [-0.3, -0.25) is 0 Å². The van der Waals surface area contributed by atoms with Gasteiger partial charge in [0.1, 0.15) is 5.82 Å². The summed E-state index contributed by atoms with van der Waals surface area (Å²) in [5, 5.41) is 3.25. The zero-order valence-electron chi connectivity index (χ0n) is 19.1. The van der Waals surface area contributed by atoms with Crippen LogP contribution >= 0.6 is 0 Å². The number of nitrogens with zero attached hydrogens (tertiary/aromatic N) is 5. The van der Waals surface area contributed by atoms with Gasteiger partial charge in [-0.1, -0.05) is 6.07 Å². The Morgan fingerprint density at radius 3 is 2.42 bits per heavy atom. The lowest BCUT2D eigenvalue weighted by Gasteiger charge is -2.34. The normalized spacial score (nSPS) is 14.8. The van der Waals surface area contributed by atoms with Gasteiger partial charge in [-0.2, -0.15) is 4.98 Å². The summed E-state index contributed by atoms with van der Waals surface area (Å²) in [7, 11) is 1.85. The van der Waals surface area contributed by atoms with Crippen LogP contribution in [0.3, 0.4) is 0 Å². The van der Waals surface area contributed by atoms with Gasteiger partial charge in [0, 0.05) is 56.5 Å². The minimum atomic E-state index is -3.53. The van der Waals surface area contributed by atoms with Crippen molar-refractivity contribution in [3.63, 3.8) is 0 Å². The summed E-state index contributed by atoms with van der Waals surface area (Å²) in [4.78, 5) is 15.7. The fourth-order valence-corrected chi connectivity index (χ4v) is 4.42. The molecule has 3 aromatic rings. The van der Waals surface area contributed by atoms with Crippen LogP contribution in [0.25, 0.3) is 0 Å². The van der Waals surface area contributed by atoms with E-state index in [4.69, 9.17) is 0 Å². The van der Waals surface area contributed by atoms with E-state index in [0.29, 0.717) is 17.5 Å². The number of likely N-dealkylation sites (N-methyl/N-ethyl adjacent to an activating group) is 1. The highest BCUT2D eigenvalue weighted by molar-refractivity contribution is 7.89. The highest BCUT2D eigenvalue weighted by Crippen LogP contribution is 2.26. The van der Waals surface area contributed by atoms with Crippen molar-refractivity contribution >= 4 is 38.9 Å². The average molecular weight is 468 g/mol. The van der Waals surface area contributed by atoms with Gasteiger partial charge in [-0.25, -0.2) is 18.1 Å². The van der Waals surface area contributed by atoms with Gasteiger partial charge in [0.15, 0.2) is 0 Å². The number of aromatic nitrogens is 2. The Labute approximate surface area is 195 Å². The molecular weight excluding hydrogens is 438 g/mol. The molecule has 33 heavy (non-hydrogen) atoms. The smallest absolute Gasteiger partial charge is 0.240 e. The third-order valence-corrected chi connectivity index (χ3v) is 7.17. The topological polar surface area (TPSA) is 93.7 Å². The third kappa shape index (κ3) is 5.41. The summed E-state index contributed by atoms with van der Waals surface area (Å²) in [5.74, 6) is 1.10. The van der Waals surface area contributed by atoms with Gasteiger partial charge in [0.05, 0.1) is 4.90 Å². The Morgan fingerprint density at radius 1 is 1.00 bits per heavy atom. The molecule has 1 aliphatic rings. The third-order valence-electron chi connectivity index (χ3n) is 5.76. The fraction of sp³-hybridized carbons (Fsp3) is 0.304. The molecule has 0 saturated carbocycles. The number of anilines is 5. The van der Waals surface area contributed by atoms with Crippen molar-refractivity contribution in [1.82, 2.24) is 19.6 Å². The standard InChI is InChI=1S/C23H29N7O2S/c1-24-33(31,32)21-6-4-5-20(17-21)29(3)22-11-12-25-23(27-22)26-18-7-9-19(10-8-18)30-15-13-28(2)14-16-30/h4-12,17,24H,13-16H2,1-3H3,(H,25,26,27). The predicted molar refractivity (Wildman–Crippen MR) is 132 cm³/mol. The molecule has 1 fully saturated rings. The molecule has 0 aliphatic carbocycles. The zero-order valence-corrected chi connectivity index (χ0v) is 19.9. The van der Waals surface area contributed by atoms with Gasteiger partial charge in [-0.15, -0.1) is 0 Å². The quantitative estimate of drug-likeness (QED) is 0.548. The first-order chi connectivity index (χ1) is 15.9. The van der Waals surface area contributed by atoms with Crippen LogP contribution in [0.2, 0.25) is 0 Å². The molecule has 0 unspecified atom stereocenters. The fourth-order valence-electron chi connectivity index (χ4n) is 3.65. The second-order valence-electron chi connectivity index (χ2n) is 7.96. The summed E-state index contributed by atoms with van der Waals surface area (Å²) in [6, 6.07) is 16.8.